The van der Waals surface area contributed by atoms with Gasteiger partial charge in [0.15, 0.2) is 16.8 Å². The molecule has 3 aromatic rings. The molecule has 0 amide bonds. The lowest BCUT2D eigenvalue weighted by Crippen LogP contribution is -2.16. The molecular formula is C25H25ClN2O10. The minimum atomic E-state index is -0.724. The van der Waals surface area contributed by atoms with Gasteiger partial charge >= 0.3 is 23.9 Å². The van der Waals surface area contributed by atoms with E-state index in [1.807, 2.05) is 30.3 Å². The number of carbonyl (C=O) groups excluding carboxylic acids is 4. The summed E-state index contributed by atoms with van der Waals surface area (Å²) in [5.74, 6) is -2.43. The number of pyridine rings is 2. The Morgan fingerprint density at radius 2 is 1.16 bits per heavy atom. The third-order valence-corrected chi connectivity index (χ3v) is 4.49. The van der Waals surface area contributed by atoms with Crippen molar-refractivity contribution in [3.8, 4) is 5.75 Å². The fourth-order valence-corrected chi connectivity index (χ4v) is 2.73. The standard InChI is InChI=1S/C16H15NO5.C9H9NO5.ClH/c1-20-15(18)13-8-12(9-14(17-13)16(19)21-2)22-10-11-6-4-3-5-7-11;1-14-8(12)6-3-5(11)4-7(10-6)9(13)15-2;/h3-9H,10H2,1-2H3;3-4H,1-2H3,(H,10,11);1H. The summed E-state index contributed by atoms with van der Waals surface area (Å²) in [6, 6.07) is 14.4. The Morgan fingerprint density at radius 1 is 0.711 bits per heavy atom. The maximum Gasteiger partial charge on any atom is 0.356 e. The van der Waals surface area contributed by atoms with Gasteiger partial charge in [0.25, 0.3) is 0 Å². The number of aromatic amines is 1. The molecular weight excluding hydrogens is 524 g/mol. The molecule has 0 aliphatic rings. The fraction of sp³-hybridized carbons (Fsp3) is 0.200. The number of rotatable bonds is 7. The van der Waals surface area contributed by atoms with Gasteiger partial charge in [-0.25, -0.2) is 24.2 Å². The van der Waals surface area contributed by atoms with E-state index in [9.17, 15) is 24.0 Å². The van der Waals surface area contributed by atoms with Gasteiger partial charge in [0.05, 0.1) is 28.4 Å². The molecule has 12 nitrogen and oxygen atoms in total. The van der Waals surface area contributed by atoms with Crippen LogP contribution >= 0.6 is 12.4 Å². The van der Waals surface area contributed by atoms with Crippen molar-refractivity contribution in [3.63, 3.8) is 0 Å². The van der Waals surface area contributed by atoms with Crippen molar-refractivity contribution in [1.29, 1.82) is 0 Å². The number of hydrogen-bond donors (Lipinski definition) is 1. The minimum Gasteiger partial charge on any atom is -0.489 e. The van der Waals surface area contributed by atoms with Crippen LogP contribution in [0.15, 0.2) is 59.4 Å². The van der Waals surface area contributed by atoms with Gasteiger partial charge in [-0.1, -0.05) is 30.3 Å². The number of nitrogens with one attached hydrogen (secondary N) is 1. The van der Waals surface area contributed by atoms with Crippen molar-refractivity contribution in [3.05, 3.63) is 93.2 Å². The van der Waals surface area contributed by atoms with Crippen molar-refractivity contribution < 1.29 is 42.9 Å². The Hall–Kier alpha value is -4.71. The second-order valence-corrected chi connectivity index (χ2v) is 6.96. The van der Waals surface area contributed by atoms with Crippen molar-refractivity contribution in [2.45, 2.75) is 6.61 Å². The first-order valence-electron chi connectivity index (χ1n) is 10.5. The molecule has 1 aromatic carbocycles. The topological polar surface area (TPSA) is 160 Å². The van der Waals surface area contributed by atoms with E-state index in [4.69, 9.17) is 4.74 Å². The minimum absolute atomic E-state index is 0. The van der Waals surface area contributed by atoms with E-state index < -0.39 is 29.3 Å². The van der Waals surface area contributed by atoms with Gasteiger partial charge in [0, 0.05) is 24.3 Å². The lowest BCUT2D eigenvalue weighted by atomic mass is 10.2. The summed E-state index contributed by atoms with van der Waals surface area (Å²) in [5, 5.41) is 0. The predicted molar refractivity (Wildman–Crippen MR) is 135 cm³/mol. The highest BCUT2D eigenvalue weighted by Crippen LogP contribution is 2.17. The molecule has 0 aliphatic heterocycles. The van der Waals surface area contributed by atoms with E-state index >= 15 is 0 Å². The second kappa shape index (κ2) is 15.4. The highest BCUT2D eigenvalue weighted by atomic mass is 35.5. The normalized spacial score (nSPS) is 9.47. The van der Waals surface area contributed by atoms with Crippen LogP contribution in [0, 0.1) is 0 Å². The van der Waals surface area contributed by atoms with Crippen LogP contribution in [0.5, 0.6) is 5.75 Å². The van der Waals surface area contributed by atoms with Crippen LogP contribution in [-0.4, -0.2) is 62.3 Å². The average molecular weight is 549 g/mol. The molecule has 13 heteroatoms. The first kappa shape index (κ1) is 31.3. The fourth-order valence-electron chi connectivity index (χ4n) is 2.73. The largest absolute Gasteiger partial charge is 0.489 e. The molecule has 0 radical (unpaired) electrons. The Kier molecular flexibility index (Phi) is 12.7. The number of H-pyrrole nitrogens is 1. The summed E-state index contributed by atoms with van der Waals surface area (Å²) in [5.41, 5.74) is 0.255. The summed E-state index contributed by atoms with van der Waals surface area (Å²) in [6.45, 7) is 0.298. The monoisotopic (exact) mass is 548 g/mol. The van der Waals surface area contributed by atoms with Crippen molar-refractivity contribution in [1.82, 2.24) is 9.97 Å². The number of esters is 4. The molecule has 0 bridgehead atoms. The molecule has 38 heavy (non-hydrogen) atoms. The first-order chi connectivity index (χ1) is 17.7. The predicted octanol–water partition coefficient (Wildman–Crippen LogP) is 2.60. The zero-order valence-corrected chi connectivity index (χ0v) is 21.7. The zero-order chi connectivity index (χ0) is 27.4. The van der Waals surface area contributed by atoms with E-state index in [2.05, 4.69) is 28.9 Å². The smallest absolute Gasteiger partial charge is 0.356 e. The van der Waals surface area contributed by atoms with Crippen molar-refractivity contribution in [2.75, 3.05) is 28.4 Å². The maximum atomic E-state index is 11.6. The van der Waals surface area contributed by atoms with E-state index in [0.29, 0.717) is 12.4 Å². The number of ether oxygens (including phenoxy) is 5. The van der Waals surface area contributed by atoms with Gasteiger partial charge in [-0.2, -0.15) is 0 Å². The Labute approximate surface area is 223 Å². The highest BCUT2D eigenvalue weighted by Gasteiger charge is 2.16. The van der Waals surface area contributed by atoms with Crippen LogP contribution in [0.2, 0.25) is 0 Å². The van der Waals surface area contributed by atoms with Crippen LogP contribution in [0.3, 0.4) is 0 Å². The van der Waals surface area contributed by atoms with Gasteiger partial charge in [-0.15, -0.1) is 12.4 Å². The Bertz CT molecular complexity index is 1250. The van der Waals surface area contributed by atoms with E-state index in [0.717, 1.165) is 17.7 Å². The van der Waals surface area contributed by atoms with Crippen LogP contribution in [0.25, 0.3) is 0 Å². The van der Waals surface area contributed by atoms with Crippen LogP contribution in [0.4, 0.5) is 0 Å². The van der Waals surface area contributed by atoms with Crippen LogP contribution in [-0.2, 0) is 25.6 Å². The van der Waals surface area contributed by atoms with Crippen LogP contribution < -0.4 is 10.2 Å². The van der Waals surface area contributed by atoms with Gasteiger partial charge in [0.2, 0.25) is 0 Å². The molecule has 0 unspecified atom stereocenters. The highest BCUT2D eigenvalue weighted by molar-refractivity contribution is 5.92. The van der Waals surface area contributed by atoms with Gasteiger partial charge in [0.1, 0.15) is 23.7 Å². The zero-order valence-electron chi connectivity index (χ0n) is 20.8. The lowest BCUT2D eigenvalue weighted by molar-refractivity contribution is 0.0568. The molecule has 2 aromatic heterocycles. The number of aromatic nitrogens is 2. The Morgan fingerprint density at radius 3 is 1.58 bits per heavy atom. The average Bonchev–Trinajstić information content (AvgIpc) is 2.94. The van der Waals surface area contributed by atoms with E-state index in [1.54, 1.807) is 0 Å². The SMILES string of the molecule is COC(=O)c1cc(=O)cc(C(=O)OC)[nH]1.COC(=O)c1cc(OCc2ccccc2)cc(C(=O)OC)n1.Cl. The van der Waals surface area contributed by atoms with E-state index in [1.165, 1.54) is 40.6 Å². The number of nitrogens with zero attached hydrogens (tertiary/aromatic N) is 1. The quantitative estimate of drug-likeness (QED) is 0.341. The first-order valence-corrected chi connectivity index (χ1v) is 10.5. The lowest BCUT2D eigenvalue weighted by Gasteiger charge is -2.09. The summed E-state index contributed by atoms with van der Waals surface area (Å²) < 4.78 is 23.6. The third kappa shape index (κ3) is 9.06. The number of methoxy groups -OCH3 is 4. The number of carbonyl (C=O) groups is 4. The molecule has 1 N–H and O–H groups in total. The molecule has 0 saturated carbocycles. The van der Waals surface area contributed by atoms with Gasteiger partial charge in [-0.05, 0) is 5.56 Å². The molecule has 0 fully saturated rings. The maximum absolute atomic E-state index is 11.6. The molecule has 0 spiro atoms. The Balaban J connectivity index is 0.000000397. The number of benzene rings is 1. The van der Waals surface area contributed by atoms with Crippen molar-refractivity contribution in [2.24, 2.45) is 0 Å². The number of halogens is 1. The van der Waals surface area contributed by atoms with E-state index in [-0.39, 0.29) is 35.2 Å². The molecule has 2 heterocycles. The van der Waals surface area contributed by atoms with Crippen molar-refractivity contribution >= 4 is 36.3 Å². The van der Waals surface area contributed by atoms with Gasteiger partial charge in [-0.3, -0.25) is 4.79 Å². The summed E-state index contributed by atoms with van der Waals surface area (Å²) >= 11 is 0. The summed E-state index contributed by atoms with van der Waals surface area (Å²) in [4.78, 5) is 62.8. The second-order valence-electron chi connectivity index (χ2n) is 6.96. The summed E-state index contributed by atoms with van der Waals surface area (Å²) in [6.07, 6.45) is 0. The molecule has 0 saturated heterocycles. The van der Waals surface area contributed by atoms with Gasteiger partial charge < -0.3 is 28.7 Å². The molecule has 202 valence electrons. The summed E-state index contributed by atoms with van der Waals surface area (Å²) in [7, 11) is 4.82. The number of hydrogen-bond acceptors (Lipinski definition) is 11. The molecule has 0 atom stereocenters. The van der Waals surface area contributed by atoms with Crippen LogP contribution in [0.1, 0.15) is 47.5 Å². The third-order valence-electron chi connectivity index (χ3n) is 4.49. The molecule has 3 rings (SSSR count). The molecule has 0 aliphatic carbocycles.